The molecule has 0 atom stereocenters. The van der Waals surface area contributed by atoms with E-state index in [0.29, 0.717) is 17.7 Å². The van der Waals surface area contributed by atoms with Crippen LogP contribution in [0.15, 0.2) is 29.2 Å². The van der Waals surface area contributed by atoms with Gasteiger partial charge in [0.2, 0.25) is 0 Å². The topological polar surface area (TPSA) is 54.4 Å². The minimum Gasteiger partial charge on any atom is -0.282 e. The molecule has 0 aromatic heterocycles. The van der Waals surface area contributed by atoms with E-state index >= 15 is 0 Å². The van der Waals surface area contributed by atoms with Gasteiger partial charge in [0, 0.05) is 0 Å². The molecular formula is C8H10O3S2. The molecule has 1 aromatic carbocycles. The third-order valence-electron chi connectivity index (χ3n) is 1.63. The molecule has 0 aliphatic carbocycles. The zero-order chi connectivity index (χ0) is 9.90. The van der Waals surface area contributed by atoms with Crippen molar-refractivity contribution >= 4 is 22.7 Å². The van der Waals surface area contributed by atoms with Crippen LogP contribution in [0.5, 0.6) is 0 Å². The van der Waals surface area contributed by atoms with Crippen LogP contribution < -0.4 is 0 Å². The Labute approximate surface area is 82.9 Å². The average Bonchev–Trinajstić information content (AvgIpc) is 2.04. The Morgan fingerprint density at radius 3 is 2.46 bits per heavy atom. The molecule has 13 heavy (non-hydrogen) atoms. The van der Waals surface area contributed by atoms with Crippen molar-refractivity contribution in [3.63, 3.8) is 0 Å². The van der Waals surface area contributed by atoms with Crippen molar-refractivity contribution in [3.05, 3.63) is 29.8 Å². The van der Waals surface area contributed by atoms with E-state index in [1.807, 2.05) is 0 Å². The Kier molecular flexibility index (Phi) is 3.35. The van der Waals surface area contributed by atoms with Crippen LogP contribution >= 0.6 is 12.6 Å². The Hall–Kier alpha value is -0.520. The van der Waals surface area contributed by atoms with Crippen LogP contribution in [-0.2, 0) is 16.5 Å². The summed E-state index contributed by atoms with van der Waals surface area (Å²) in [5, 5.41) is 0. The normalized spacial score (nSPS) is 11.5. The summed E-state index contributed by atoms with van der Waals surface area (Å²) in [5.74, 6) is 0.548. The van der Waals surface area contributed by atoms with E-state index in [0.717, 1.165) is 0 Å². The number of hydrogen-bond donors (Lipinski definition) is 2. The predicted octanol–water partition coefficient (Wildman–Crippen LogP) is 1.41. The lowest BCUT2D eigenvalue weighted by Crippen LogP contribution is -2.03. The van der Waals surface area contributed by atoms with Gasteiger partial charge in [0.25, 0.3) is 10.1 Å². The summed E-state index contributed by atoms with van der Waals surface area (Å²) in [5.41, 5.74) is 0.597. The van der Waals surface area contributed by atoms with E-state index in [9.17, 15) is 8.42 Å². The first kappa shape index (κ1) is 10.6. The second-order valence-electron chi connectivity index (χ2n) is 2.56. The molecule has 0 amide bonds. The van der Waals surface area contributed by atoms with E-state index in [1.54, 1.807) is 18.2 Å². The van der Waals surface area contributed by atoms with Crippen LogP contribution in [0.2, 0.25) is 0 Å². The lowest BCUT2D eigenvalue weighted by molar-refractivity contribution is 0.482. The standard InChI is InChI=1S/C8H10O3S2/c9-13(10,11)8-4-2-1-3-7(8)5-6-12/h1-4,12H,5-6H2,(H,9,10,11). The molecule has 0 aliphatic rings. The van der Waals surface area contributed by atoms with Gasteiger partial charge in [-0.05, 0) is 23.8 Å². The molecule has 1 N–H and O–H groups in total. The van der Waals surface area contributed by atoms with Crippen molar-refractivity contribution in [2.45, 2.75) is 11.3 Å². The number of hydrogen-bond acceptors (Lipinski definition) is 3. The first-order chi connectivity index (χ1) is 6.05. The summed E-state index contributed by atoms with van der Waals surface area (Å²) in [6.45, 7) is 0. The molecule has 72 valence electrons. The van der Waals surface area contributed by atoms with Gasteiger partial charge in [-0.3, -0.25) is 4.55 Å². The zero-order valence-corrected chi connectivity index (χ0v) is 8.55. The molecule has 1 aromatic rings. The Balaban J connectivity index is 3.20. The van der Waals surface area contributed by atoms with Crippen LogP contribution in [0.25, 0.3) is 0 Å². The molecule has 0 fully saturated rings. The molecule has 0 saturated carbocycles. The van der Waals surface area contributed by atoms with Crippen molar-refractivity contribution in [2.75, 3.05) is 5.75 Å². The van der Waals surface area contributed by atoms with Crippen molar-refractivity contribution in [2.24, 2.45) is 0 Å². The molecular weight excluding hydrogens is 208 g/mol. The second kappa shape index (κ2) is 4.13. The van der Waals surface area contributed by atoms with Crippen molar-refractivity contribution in [1.82, 2.24) is 0 Å². The van der Waals surface area contributed by atoms with Crippen molar-refractivity contribution in [3.8, 4) is 0 Å². The Bertz CT molecular complexity index is 384. The fourth-order valence-corrected chi connectivity index (χ4v) is 2.08. The van der Waals surface area contributed by atoms with Crippen molar-refractivity contribution in [1.29, 1.82) is 0 Å². The smallest absolute Gasteiger partial charge is 0.282 e. The minimum absolute atomic E-state index is 0.0240. The highest BCUT2D eigenvalue weighted by Gasteiger charge is 2.13. The van der Waals surface area contributed by atoms with Crippen molar-refractivity contribution < 1.29 is 13.0 Å². The number of aryl methyl sites for hydroxylation is 1. The third kappa shape index (κ3) is 2.72. The number of benzene rings is 1. The first-order valence-electron chi connectivity index (χ1n) is 3.72. The minimum atomic E-state index is -4.09. The summed E-state index contributed by atoms with van der Waals surface area (Å²) in [6.07, 6.45) is 0.527. The van der Waals surface area contributed by atoms with Gasteiger partial charge in [-0.1, -0.05) is 18.2 Å². The average molecular weight is 218 g/mol. The summed E-state index contributed by atoms with van der Waals surface area (Å²) in [4.78, 5) is -0.0240. The van der Waals surface area contributed by atoms with Gasteiger partial charge in [-0.25, -0.2) is 0 Å². The fourth-order valence-electron chi connectivity index (χ4n) is 1.08. The van der Waals surface area contributed by atoms with Crippen LogP contribution in [0, 0.1) is 0 Å². The molecule has 0 spiro atoms. The van der Waals surface area contributed by atoms with E-state index in [4.69, 9.17) is 4.55 Å². The highest BCUT2D eigenvalue weighted by Crippen LogP contribution is 2.15. The maximum absolute atomic E-state index is 10.9. The quantitative estimate of drug-likeness (QED) is 0.595. The second-order valence-corrected chi connectivity index (χ2v) is 4.39. The fraction of sp³-hybridized carbons (Fsp3) is 0.250. The zero-order valence-electron chi connectivity index (χ0n) is 6.84. The molecule has 0 heterocycles. The third-order valence-corrected chi connectivity index (χ3v) is 2.81. The SMILES string of the molecule is O=S(=O)(O)c1ccccc1CCS. The molecule has 1 rings (SSSR count). The summed E-state index contributed by atoms with van der Waals surface area (Å²) < 4.78 is 30.6. The van der Waals surface area contributed by atoms with Gasteiger partial charge in [0.1, 0.15) is 0 Å². The molecule has 0 saturated heterocycles. The molecule has 0 bridgehead atoms. The molecule has 0 radical (unpaired) electrons. The van der Waals surface area contributed by atoms with Gasteiger partial charge in [-0.15, -0.1) is 0 Å². The van der Waals surface area contributed by atoms with Crippen LogP contribution in [0.1, 0.15) is 5.56 Å². The van der Waals surface area contributed by atoms with Gasteiger partial charge in [0.15, 0.2) is 0 Å². The summed E-state index contributed by atoms with van der Waals surface area (Å²) >= 11 is 4.00. The van der Waals surface area contributed by atoms with Crippen LogP contribution in [0.3, 0.4) is 0 Å². The van der Waals surface area contributed by atoms with Gasteiger partial charge in [-0.2, -0.15) is 21.0 Å². The lowest BCUT2D eigenvalue weighted by atomic mass is 10.2. The Morgan fingerprint density at radius 2 is 1.92 bits per heavy atom. The van der Waals surface area contributed by atoms with E-state index in [1.165, 1.54) is 6.07 Å². The highest BCUT2D eigenvalue weighted by atomic mass is 32.2. The highest BCUT2D eigenvalue weighted by molar-refractivity contribution is 7.85. The number of rotatable bonds is 3. The molecule has 0 aliphatic heterocycles. The van der Waals surface area contributed by atoms with E-state index in [-0.39, 0.29) is 4.90 Å². The van der Waals surface area contributed by atoms with Gasteiger partial charge in [0.05, 0.1) is 4.90 Å². The molecule has 5 heteroatoms. The molecule has 0 unspecified atom stereocenters. The maximum Gasteiger partial charge on any atom is 0.294 e. The summed E-state index contributed by atoms with van der Waals surface area (Å²) in [7, 11) is -4.09. The van der Waals surface area contributed by atoms with Gasteiger partial charge < -0.3 is 0 Å². The van der Waals surface area contributed by atoms with E-state index < -0.39 is 10.1 Å². The van der Waals surface area contributed by atoms with Gasteiger partial charge >= 0.3 is 0 Å². The maximum atomic E-state index is 10.9. The van der Waals surface area contributed by atoms with Crippen LogP contribution in [0.4, 0.5) is 0 Å². The Morgan fingerprint density at radius 1 is 1.31 bits per heavy atom. The monoisotopic (exact) mass is 218 g/mol. The van der Waals surface area contributed by atoms with Crippen LogP contribution in [-0.4, -0.2) is 18.7 Å². The number of thiol groups is 1. The lowest BCUT2D eigenvalue weighted by Gasteiger charge is -2.03. The largest absolute Gasteiger partial charge is 0.294 e. The summed E-state index contributed by atoms with van der Waals surface area (Å²) in [6, 6.07) is 6.35. The van der Waals surface area contributed by atoms with E-state index in [2.05, 4.69) is 12.6 Å². The predicted molar refractivity (Wildman–Crippen MR) is 53.8 cm³/mol. The molecule has 3 nitrogen and oxygen atoms in total. The first-order valence-corrected chi connectivity index (χ1v) is 5.79.